The second-order valence-corrected chi connectivity index (χ2v) is 5.72. The van der Waals surface area contributed by atoms with Gasteiger partial charge in [-0.1, -0.05) is 12.1 Å². The van der Waals surface area contributed by atoms with E-state index in [0.29, 0.717) is 5.56 Å². The Balaban J connectivity index is 1.79. The number of amides is 1. The largest absolute Gasteiger partial charge is 0.387 e. The molecule has 2 aromatic rings. The molecule has 0 aliphatic heterocycles. The third-order valence-corrected chi connectivity index (χ3v) is 4.14. The number of fused-ring (bicyclic) bond motifs is 1. The predicted molar refractivity (Wildman–Crippen MR) is 79.4 cm³/mol. The number of aromatic nitrogens is 1. The fraction of sp³-hybridized carbons (Fsp3) is 0.294. The van der Waals surface area contributed by atoms with Gasteiger partial charge in [0.2, 0.25) is 5.67 Å². The number of alkyl halides is 1. The van der Waals surface area contributed by atoms with Crippen LogP contribution in [0.3, 0.4) is 0 Å². The van der Waals surface area contributed by atoms with E-state index in [1.807, 2.05) is 0 Å². The highest BCUT2D eigenvalue weighted by atomic mass is 19.2. The Morgan fingerprint density at radius 3 is 2.88 bits per heavy atom. The summed E-state index contributed by atoms with van der Waals surface area (Å²) >= 11 is 0. The number of halogens is 3. The zero-order valence-electron chi connectivity index (χ0n) is 12.6. The van der Waals surface area contributed by atoms with Crippen LogP contribution in [0.5, 0.6) is 0 Å². The van der Waals surface area contributed by atoms with Crippen LogP contribution in [-0.4, -0.2) is 16.0 Å². The maximum Gasteiger partial charge on any atom is 0.262 e. The lowest BCUT2D eigenvalue weighted by atomic mass is 9.81. The lowest BCUT2D eigenvalue weighted by Gasteiger charge is -2.32. The predicted octanol–water partition coefficient (Wildman–Crippen LogP) is 2.67. The van der Waals surface area contributed by atoms with Gasteiger partial charge in [-0.05, 0) is 36.6 Å². The van der Waals surface area contributed by atoms with E-state index in [1.54, 1.807) is 0 Å². The molecule has 7 heteroatoms. The van der Waals surface area contributed by atoms with Gasteiger partial charge in [-0.3, -0.25) is 9.78 Å². The highest BCUT2D eigenvalue weighted by Crippen LogP contribution is 2.42. The zero-order valence-corrected chi connectivity index (χ0v) is 12.6. The van der Waals surface area contributed by atoms with Gasteiger partial charge in [0.1, 0.15) is 0 Å². The summed E-state index contributed by atoms with van der Waals surface area (Å²) in [5.74, 6) is -2.92. The van der Waals surface area contributed by atoms with Crippen molar-refractivity contribution in [1.29, 1.82) is 0 Å². The summed E-state index contributed by atoms with van der Waals surface area (Å²) in [4.78, 5) is 16.3. The molecule has 1 aliphatic rings. The molecular weight excluding hydrogens is 321 g/mol. The number of carbonyl (C=O) groups excluding carboxylic acids is 1. The normalized spacial score (nSPS) is 22.8. The first kappa shape index (κ1) is 16.4. The Kier molecular flexibility index (Phi) is 4.28. The number of nitrogens with zero attached hydrogens (tertiary/aromatic N) is 1. The number of hydrogen-bond acceptors (Lipinski definition) is 3. The van der Waals surface area contributed by atoms with Gasteiger partial charge in [0.15, 0.2) is 11.6 Å². The molecule has 1 amide bonds. The minimum absolute atomic E-state index is 0.0338. The summed E-state index contributed by atoms with van der Waals surface area (Å²) in [5.41, 5.74) is -1.82. The molecule has 0 fully saturated rings. The Morgan fingerprint density at radius 2 is 2.12 bits per heavy atom. The third kappa shape index (κ3) is 2.87. The van der Waals surface area contributed by atoms with E-state index in [4.69, 9.17) is 0 Å². The third-order valence-electron chi connectivity index (χ3n) is 4.14. The van der Waals surface area contributed by atoms with Crippen LogP contribution in [0.4, 0.5) is 13.2 Å². The van der Waals surface area contributed by atoms with E-state index in [-0.39, 0.29) is 30.6 Å². The molecule has 1 aliphatic carbocycles. The van der Waals surface area contributed by atoms with Crippen molar-refractivity contribution in [3.63, 3.8) is 0 Å². The second kappa shape index (κ2) is 6.24. The molecule has 0 bridgehead atoms. The summed E-state index contributed by atoms with van der Waals surface area (Å²) < 4.78 is 41.4. The number of aliphatic hydroxyl groups is 1. The van der Waals surface area contributed by atoms with Crippen molar-refractivity contribution in [3.05, 3.63) is 65.0 Å². The topological polar surface area (TPSA) is 62.2 Å². The molecule has 2 atom stereocenters. The van der Waals surface area contributed by atoms with Crippen molar-refractivity contribution >= 4 is 5.91 Å². The molecule has 1 aromatic carbocycles. The standard InChI is InChI=1S/C17H15F3N2O2/c18-12-4-3-10(8-13(12)19)9-22-16(24)17(20)6-5-14(23)15-11(17)2-1-7-21-15/h1-4,7-8,14,23H,5-6,9H2,(H,22,24)/t14-,17-/m0/s1. The summed E-state index contributed by atoms with van der Waals surface area (Å²) in [6.07, 6.45) is 0.395. The van der Waals surface area contributed by atoms with Crippen molar-refractivity contribution in [2.45, 2.75) is 31.2 Å². The molecule has 1 aromatic heterocycles. The molecule has 4 nitrogen and oxygen atoms in total. The number of carbonyl (C=O) groups is 1. The molecule has 0 unspecified atom stereocenters. The van der Waals surface area contributed by atoms with Gasteiger partial charge >= 0.3 is 0 Å². The maximum absolute atomic E-state index is 15.3. The van der Waals surface area contributed by atoms with Gasteiger partial charge in [-0.2, -0.15) is 0 Å². The SMILES string of the molecule is O=C(NCc1ccc(F)c(F)c1)[C@]1(F)CC[C@H](O)c2ncccc21. The average Bonchev–Trinajstić information content (AvgIpc) is 2.59. The average molecular weight is 336 g/mol. The monoisotopic (exact) mass is 336 g/mol. The Labute approximate surface area is 136 Å². The van der Waals surface area contributed by atoms with Crippen LogP contribution >= 0.6 is 0 Å². The van der Waals surface area contributed by atoms with Crippen molar-refractivity contribution in [1.82, 2.24) is 10.3 Å². The number of nitrogens with one attached hydrogen (secondary N) is 1. The van der Waals surface area contributed by atoms with Gasteiger partial charge in [0.25, 0.3) is 5.91 Å². The molecule has 3 rings (SSSR count). The van der Waals surface area contributed by atoms with Crippen LogP contribution in [0.25, 0.3) is 0 Å². The molecule has 0 saturated heterocycles. The van der Waals surface area contributed by atoms with Crippen LogP contribution in [-0.2, 0) is 17.0 Å². The zero-order chi connectivity index (χ0) is 17.3. The highest BCUT2D eigenvalue weighted by molar-refractivity contribution is 5.87. The maximum atomic E-state index is 15.3. The molecule has 126 valence electrons. The van der Waals surface area contributed by atoms with Gasteiger partial charge < -0.3 is 10.4 Å². The first-order chi connectivity index (χ1) is 11.4. The van der Waals surface area contributed by atoms with Crippen LogP contribution in [0.15, 0.2) is 36.5 Å². The highest BCUT2D eigenvalue weighted by Gasteiger charge is 2.46. The Hall–Kier alpha value is -2.41. The van der Waals surface area contributed by atoms with Gasteiger partial charge in [0.05, 0.1) is 11.8 Å². The van der Waals surface area contributed by atoms with E-state index in [9.17, 15) is 18.7 Å². The smallest absolute Gasteiger partial charge is 0.262 e. The first-order valence-corrected chi connectivity index (χ1v) is 7.46. The summed E-state index contributed by atoms with van der Waals surface area (Å²) in [6, 6.07) is 6.11. The van der Waals surface area contributed by atoms with Crippen LogP contribution in [0.1, 0.15) is 35.8 Å². The lowest BCUT2D eigenvalue weighted by molar-refractivity contribution is -0.135. The van der Waals surface area contributed by atoms with E-state index < -0.39 is 29.3 Å². The van der Waals surface area contributed by atoms with E-state index in [2.05, 4.69) is 10.3 Å². The molecule has 1 heterocycles. The van der Waals surface area contributed by atoms with Crippen LogP contribution in [0, 0.1) is 11.6 Å². The fourth-order valence-corrected chi connectivity index (χ4v) is 2.83. The van der Waals surface area contributed by atoms with Crippen molar-refractivity contribution in [2.24, 2.45) is 0 Å². The molecular formula is C17H15F3N2O2. The van der Waals surface area contributed by atoms with Gasteiger partial charge in [-0.25, -0.2) is 13.2 Å². The fourth-order valence-electron chi connectivity index (χ4n) is 2.83. The number of hydrogen-bond donors (Lipinski definition) is 2. The van der Waals surface area contributed by atoms with Gasteiger partial charge in [0, 0.05) is 18.3 Å². The van der Waals surface area contributed by atoms with Crippen molar-refractivity contribution < 1.29 is 23.1 Å². The Morgan fingerprint density at radius 1 is 1.33 bits per heavy atom. The van der Waals surface area contributed by atoms with E-state index in [0.717, 1.165) is 12.1 Å². The molecule has 0 spiro atoms. The summed E-state index contributed by atoms with van der Waals surface area (Å²) in [7, 11) is 0. The second-order valence-electron chi connectivity index (χ2n) is 5.72. The van der Waals surface area contributed by atoms with Crippen molar-refractivity contribution in [3.8, 4) is 0 Å². The Bertz CT molecular complexity index is 784. The van der Waals surface area contributed by atoms with E-state index in [1.165, 1.54) is 24.4 Å². The van der Waals surface area contributed by atoms with Gasteiger partial charge in [-0.15, -0.1) is 0 Å². The summed E-state index contributed by atoms with van der Waals surface area (Å²) in [5, 5.41) is 12.3. The molecule has 0 radical (unpaired) electrons. The first-order valence-electron chi connectivity index (χ1n) is 7.46. The van der Waals surface area contributed by atoms with Crippen LogP contribution < -0.4 is 5.32 Å². The minimum atomic E-state index is -2.32. The lowest BCUT2D eigenvalue weighted by Crippen LogP contribution is -2.44. The number of pyridine rings is 1. The van der Waals surface area contributed by atoms with Crippen molar-refractivity contribution in [2.75, 3.05) is 0 Å². The number of benzene rings is 1. The minimum Gasteiger partial charge on any atom is -0.387 e. The molecule has 24 heavy (non-hydrogen) atoms. The van der Waals surface area contributed by atoms with E-state index >= 15 is 4.39 Å². The number of aliphatic hydroxyl groups excluding tert-OH is 1. The molecule has 0 saturated carbocycles. The summed E-state index contributed by atoms with van der Waals surface area (Å²) in [6.45, 7) is -0.139. The quantitative estimate of drug-likeness (QED) is 0.906. The van der Waals surface area contributed by atoms with Crippen LogP contribution in [0.2, 0.25) is 0 Å². The number of rotatable bonds is 3. The molecule has 2 N–H and O–H groups in total.